The van der Waals surface area contributed by atoms with Gasteiger partial charge in [0.15, 0.2) is 0 Å². The molecule has 18 heavy (non-hydrogen) atoms. The van der Waals surface area contributed by atoms with E-state index < -0.39 is 5.60 Å². The number of carbonyl (C=O) groups is 1. The van der Waals surface area contributed by atoms with Crippen molar-refractivity contribution in [1.29, 1.82) is 0 Å². The number of hydrogen-bond acceptors (Lipinski definition) is 5. The molecule has 0 amide bonds. The lowest BCUT2D eigenvalue weighted by atomic mass is 10.2. The summed E-state index contributed by atoms with van der Waals surface area (Å²) in [5, 5.41) is 4.00. The van der Waals surface area contributed by atoms with Crippen LogP contribution in [0.5, 0.6) is 0 Å². The van der Waals surface area contributed by atoms with Crippen molar-refractivity contribution in [1.82, 2.24) is 4.98 Å². The summed E-state index contributed by atoms with van der Waals surface area (Å²) in [6.07, 6.45) is 1.72. The number of ether oxygens (including phenoxy) is 1. The summed E-state index contributed by atoms with van der Waals surface area (Å²) in [6, 6.07) is 3.80. The van der Waals surface area contributed by atoms with E-state index in [1.807, 2.05) is 32.9 Å². The molecule has 0 aliphatic rings. The van der Waals surface area contributed by atoms with E-state index in [-0.39, 0.29) is 5.97 Å². The third kappa shape index (κ3) is 2.46. The van der Waals surface area contributed by atoms with Crippen LogP contribution in [0.4, 0.5) is 5.69 Å². The first-order valence-corrected chi connectivity index (χ1v) is 6.52. The molecule has 0 aliphatic heterocycles. The first-order valence-electron chi connectivity index (χ1n) is 5.71. The van der Waals surface area contributed by atoms with Crippen molar-refractivity contribution in [2.24, 2.45) is 0 Å². The van der Waals surface area contributed by atoms with Gasteiger partial charge in [-0.3, -0.25) is 0 Å². The summed E-state index contributed by atoms with van der Waals surface area (Å²) >= 11 is 1.35. The maximum atomic E-state index is 12.1. The van der Waals surface area contributed by atoms with Gasteiger partial charge in [-0.1, -0.05) is 0 Å². The Kier molecular flexibility index (Phi) is 3.26. The Morgan fingerprint density at radius 3 is 2.78 bits per heavy atom. The molecule has 0 aromatic carbocycles. The van der Waals surface area contributed by atoms with Gasteiger partial charge in [0.25, 0.3) is 0 Å². The highest BCUT2D eigenvalue weighted by molar-refractivity contribution is 7.21. The molecular formula is C13H16N2O2S. The Morgan fingerprint density at radius 2 is 2.17 bits per heavy atom. The van der Waals surface area contributed by atoms with Crippen molar-refractivity contribution in [2.45, 2.75) is 26.4 Å². The predicted molar refractivity (Wildman–Crippen MR) is 74.3 cm³/mol. The molecule has 0 atom stereocenters. The zero-order valence-electron chi connectivity index (χ0n) is 10.9. The van der Waals surface area contributed by atoms with E-state index in [2.05, 4.69) is 10.3 Å². The number of esters is 1. The van der Waals surface area contributed by atoms with Gasteiger partial charge in [0, 0.05) is 18.6 Å². The average Bonchev–Trinajstić information content (AvgIpc) is 2.65. The molecule has 5 heteroatoms. The van der Waals surface area contributed by atoms with Crippen molar-refractivity contribution < 1.29 is 9.53 Å². The average molecular weight is 264 g/mol. The summed E-state index contributed by atoms with van der Waals surface area (Å²) in [5.41, 5.74) is 0.295. The largest absolute Gasteiger partial charge is 0.456 e. The second-order valence-electron chi connectivity index (χ2n) is 4.91. The summed E-state index contributed by atoms with van der Waals surface area (Å²) in [6.45, 7) is 5.57. The van der Waals surface area contributed by atoms with Crippen LogP contribution in [0.1, 0.15) is 30.4 Å². The summed E-state index contributed by atoms with van der Waals surface area (Å²) in [5.74, 6) is -0.310. The molecule has 2 aromatic heterocycles. The maximum absolute atomic E-state index is 12.1. The van der Waals surface area contributed by atoms with Gasteiger partial charge in [-0.15, -0.1) is 11.3 Å². The fraction of sp³-hybridized carbons (Fsp3) is 0.385. The zero-order valence-corrected chi connectivity index (χ0v) is 11.7. The number of thiophene rings is 1. The molecule has 4 nitrogen and oxygen atoms in total. The first kappa shape index (κ1) is 12.8. The number of nitrogens with one attached hydrogen (secondary N) is 1. The van der Waals surface area contributed by atoms with Crippen LogP contribution in [0.3, 0.4) is 0 Å². The van der Waals surface area contributed by atoms with Gasteiger partial charge in [0.2, 0.25) is 0 Å². The Hall–Kier alpha value is -1.62. The minimum atomic E-state index is -0.494. The van der Waals surface area contributed by atoms with Crippen molar-refractivity contribution in [3.8, 4) is 0 Å². The first-order chi connectivity index (χ1) is 8.42. The standard InChI is InChI=1S/C13H16N2O2S/c1-13(2,3)17-12(16)10-9(14-4)8-6-5-7-15-11(8)18-10/h5-7,14H,1-4H3. The van der Waals surface area contributed by atoms with Gasteiger partial charge in [-0.05, 0) is 32.9 Å². The molecule has 0 spiro atoms. The Morgan fingerprint density at radius 1 is 1.44 bits per heavy atom. The van der Waals surface area contributed by atoms with Gasteiger partial charge in [-0.2, -0.15) is 0 Å². The summed E-state index contributed by atoms with van der Waals surface area (Å²) < 4.78 is 5.40. The molecular weight excluding hydrogens is 248 g/mol. The summed E-state index contributed by atoms with van der Waals surface area (Å²) in [7, 11) is 1.79. The molecule has 0 aliphatic carbocycles. The van der Waals surface area contributed by atoms with Gasteiger partial charge >= 0.3 is 5.97 Å². The quantitative estimate of drug-likeness (QED) is 0.846. The molecule has 2 rings (SSSR count). The number of nitrogens with zero attached hydrogens (tertiary/aromatic N) is 1. The second kappa shape index (κ2) is 4.57. The van der Waals surface area contributed by atoms with Crippen molar-refractivity contribution in [2.75, 3.05) is 12.4 Å². The number of rotatable bonds is 2. The zero-order chi connectivity index (χ0) is 13.3. The smallest absolute Gasteiger partial charge is 0.351 e. The van der Waals surface area contributed by atoms with Crippen molar-refractivity contribution in [3.05, 3.63) is 23.2 Å². The maximum Gasteiger partial charge on any atom is 0.351 e. The number of hydrogen-bond donors (Lipinski definition) is 1. The third-order valence-electron chi connectivity index (χ3n) is 2.30. The molecule has 2 aromatic rings. The Bertz CT molecular complexity index is 584. The highest BCUT2D eigenvalue weighted by Gasteiger charge is 2.23. The minimum absolute atomic E-state index is 0.310. The van der Waals surface area contributed by atoms with E-state index in [0.717, 1.165) is 15.9 Å². The normalized spacial score (nSPS) is 11.6. The van der Waals surface area contributed by atoms with Crippen LogP contribution >= 0.6 is 11.3 Å². The molecule has 0 saturated carbocycles. The van der Waals surface area contributed by atoms with Gasteiger partial charge in [0.05, 0.1) is 5.69 Å². The lowest BCUT2D eigenvalue weighted by molar-refractivity contribution is 0.00764. The minimum Gasteiger partial charge on any atom is -0.456 e. The van der Waals surface area contributed by atoms with E-state index in [9.17, 15) is 4.79 Å². The van der Waals surface area contributed by atoms with E-state index >= 15 is 0 Å². The Labute approximate surface area is 110 Å². The van der Waals surface area contributed by atoms with E-state index in [1.165, 1.54) is 11.3 Å². The molecule has 0 saturated heterocycles. The predicted octanol–water partition coefficient (Wildman–Crippen LogP) is 3.29. The van der Waals surface area contributed by atoms with Gasteiger partial charge in [-0.25, -0.2) is 9.78 Å². The van der Waals surface area contributed by atoms with Crippen LogP contribution in [0.2, 0.25) is 0 Å². The monoisotopic (exact) mass is 264 g/mol. The van der Waals surface area contributed by atoms with E-state index in [1.54, 1.807) is 13.2 Å². The van der Waals surface area contributed by atoms with Crippen LogP contribution in [-0.4, -0.2) is 23.6 Å². The molecule has 0 bridgehead atoms. The second-order valence-corrected chi connectivity index (χ2v) is 5.91. The topological polar surface area (TPSA) is 51.2 Å². The lowest BCUT2D eigenvalue weighted by Crippen LogP contribution is -2.23. The van der Waals surface area contributed by atoms with Crippen LogP contribution < -0.4 is 5.32 Å². The molecule has 0 radical (unpaired) electrons. The molecule has 1 N–H and O–H groups in total. The highest BCUT2D eigenvalue weighted by atomic mass is 32.1. The van der Waals surface area contributed by atoms with Crippen LogP contribution in [0, 0.1) is 0 Å². The summed E-state index contributed by atoms with van der Waals surface area (Å²) in [4.78, 5) is 17.8. The number of anilines is 1. The third-order valence-corrected chi connectivity index (χ3v) is 3.39. The molecule has 2 heterocycles. The number of aromatic nitrogens is 1. The molecule has 0 unspecified atom stereocenters. The fourth-order valence-electron chi connectivity index (χ4n) is 1.65. The molecule has 96 valence electrons. The van der Waals surface area contributed by atoms with Gasteiger partial charge in [0.1, 0.15) is 15.3 Å². The van der Waals surface area contributed by atoms with E-state index in [0.29, 0.717) is 4.88 Å². The highest BCUT2D eigenvalue weighted by Crippen LogP contribution is 2.35. The van der Waals surface area contributed by atoms with Crippen LogP contribution in [-0.2, 0) is 4.74 Å². The van der Waals surface area contributed by atoms with Crippen molar-refractivity contribution in [3.63, 3.8) is 0 Å². The number of pyridine rings is 1. The number of carbonyl (C=O) groups excluding carboxylic acids is 1. The van der Waals surface area contributed by atoms with Crippen molar-refractivity contribution >= 4 is 33.2 Å². The number of fused-ring (bicyclic) bond motifs is 1. The SMILES string of the molecule is CNc1c(C(=O)OC(C)(C)C)sc2ncccc12. The Balaban J connectivity index is 2.47. The fourth-order valence-corrected chi connectivity index (χ4v) is 2.67. The van der Waals surface area contributed by atoms with E-state index in [4.69, 9.17) is 4.74 Å². The van der Waals surface area contributed by atoms with Crippen LogP contribution in [0.25, 0.3) is 10.2 Å². The van der Waals surface area contributed by atoms with Crippen LogP contribution in [0.15, 0.2) is 18.3 Å². The lowest BCUT2D eigenvalue weighted by Gasteiger charge is -2.19. The molecule has 0 fully saturated rings. The van der Waals surface area contributed by atoms with Gasteiger partial charge < -0.3 is 10.1 Å².